The molecule has 1 aliphatic rings. The molecule has 3 atom stereocenters. The van der Waals surface area contributed by atoms with Crippen LogP contribution in [0.1, 0.15) is 20.3 Å². The highest BCUT2D eigenvalue weighted by Gasteiger charge is 2.35. The van der Waals surface area contributed by atoms with Gasteiger partial charge in [0.1, 0.15) is 11.5 Å². The Morgan fingerprint density at radius 1 is 1.60 bits per heavy atom. The van der Waals surface area contributed by atoms with E-state index in [0.29, 0.717) is 26.1 Å². The van der Waals surface area contributed by atoms with Crippen LogP contribution in [0.25, 0.3) is 0 Å². The molecule has 0 bridgehead atoms. The maximum atomic E-state index is 11.7. The van der Waals surface area contributed by atoms with Gasteiger partial charge < -0.3 is 14.7 Å². The third-order valence-corrected chi connectivity index (χ3v) is 3.05. The number of rotatable bonds is 4. The summed E-state index contributed by atoms with van der Waals surface area (Å²) in [5.41, 5.74) is 0. The second kappa shape index (κ2) is 5.68. The predicted molar refractivity (Wildman–Crippen MR) is 57.9 cm³/mol. The van der Waals surface area contributed by atoms with E-state index in [1.807, 2.05) is 13.8 Å². The first kappa shape index (κ1) is 12.7. The van der Waals surface area contributed by atoms with Gasteiger partial charge in [-0.25, -0.2) is 0 Å². The van der Waals surface area contributed by atoms with E-state index < -0.39 is 11.5 Å². The molecule has 1 saturated heterocycles. The third kappa shape index (κ3) is 3.06. The Bertz CT molecular complexity index is 225. The van der Waals surface area contributed by atoms with E-state index >= 15 is 0 Å². The Kier molecular flexibility index (Phi) is 4.83. The van der Waals surface area contributed by atoms with Crippen LogP contribution in [0.3, 0.4) is 0 Å². The highest BCUT2D eigenvalue weighted by Crippen LogP contribution is 2.17. The Labute approximate surface area is 95.2 Å². The van der Waals surface area contributed by atoms with Crippen LogP contribution in [-0.2, 0) is 9.53 Å². The van der Waals surface area contributed by atoms with E-state index in [-0.39, 0.29) is 12.0 Å². The van der Waals surface area contributed by atoms with Gasteiger partial charge in [-0.15, -0.1) is 11.6 Å². The van der Waals surface area contributed by atoms with E-state index in [1.165, 1.54) is 0 Å². The van der Waals surface area contributed by atoms with Gasteiger partial charge in [-0.1, -0.05) is 6.92 Å². The SMILES string of the molecule is CCOC1CN(C(=O)C(Cl)CC)CC1O. The van der Waals surface area contributed by atoms with E-state index in [9.17, 15) is 9.90 Å². The summed E-state index contributed by atoms with van der Waals surface area (Å²) < 4.78 is 5.32. The largest absolute Gasteiger partial charge is 0.388 e. The van der Waals surface area contributed by atoms with Crippen molar-refractivity contribution in [1.82, 2.24) is 4.90 Å². The number of alkyl halides is 1. The Morgan fingerprint density at radius 2 is 2.27 bits per heavy atom. The molecule has 0 saturated carbocycles. The fraction of sp³-hybridized carbons (Fsp3) is 0.900. The standard InChI is InChI=1S/C10H18ClNO3/c1-3-7(11)10(14)12-5-8(13)9(6-12)15-4-2/h7-9,13H,3-6H2,1-2H3. The lowest BCUT2D eigenvalue weighted by molar-refractivity contribution is -0.130. The van der Waals surface area contributed by atoms with Crippen LogP contribution in [-0.4, -0.2) is 53.2 Å². The molecule has 88 valence electrons. The summed E-state index contributed by atoms with van der Waals surface area (Å²) in [7, 11) is 0. The van der Waals surface area contributed by atoms with Crippen molar-refractivity contribution in [2.75, 3.05) is 19.7 Å². The summed E-state index contributed by atoms with van der Waals surface area (Å²) >= 11 is 5.85. The molecule has 0 aromatic rings. The Morgan fingerprint density at radius 3 is 2.80 bits per heavy atom. The number of carbonyl (C=O) groups is 1. The van der Waals surface area contributed by atoms with Crippen molar-refractivity contribution in [1.29, 1.82) is 0 Å². The zero-order valence-electron chi connectivity index (χ0n) is 9.15. The zero-order valence-corrected chi connectivity index (χ0v) is 9.91. The molecule has 1 heterocycles. The molecule has 5 heteroatoms. The van der Waals surface area contributed by atoms with Crippen molar-refractivity contribution in [2.45, 2.75) is 37.9 Å². The number of halogens is 1. The summed E-state index contributed by atoms with van der Waals surface area (Å²) in [6.07, 6.45) is -0.249. The van der Waals surface area contributed by atoms with Gasteiger partial charge in [-0.05, 0) is 13.3 Å². The lowest BCUT2D eigenvalue weighted by Gasteiger charge is -2.18. The number of ether oxygens (including phenoxy) is 1. The second-order valence-electron chi connectivity index (χ2n) is 3.68. The first-order valence-corrected chi connectivity index (χ1v) is 5.76. The molecule has 0 aromatic carbocycles. The molecule has 1 aliphatic heterocycles. The molecule has 15 heavy (non-hydrogen) atoms. The predicted octanol–water partition coefficient (Wildman–Crippen LogP) is 0.612. The molecule has 1 rings (SSSR count). The number of β-amino-alcohol motifs (C(OH)–C–C–N with tert-alkyl or cyclic N) is 1. The number of aliphatic hydroxyl groups excluding tert-OH is 1. The molecule has 0 aliphatic carbocycles. The average Bonchev–Trinajstić information content (AvgIpc) is 2.59. The van der Waals surface area contributed by atoms with E-state index in [1.54, 1.807) is 4.90 Å². The number of aliphatic hydroxyl groups is 1. The van der Waals surface area contributed by atoms with Crippen LogP contribution in [0.2, 0.25) is 0 Å². The minimum atomic E-state index is -0.588. The number of amides is 1. The molecule has 1 amide bonds. The maximum absolute atomic E-state index is 11.7. The number of nitrogens with zero attached hydrogens (tertiary/aromatic N) is 1. The number of likely N-dealkylation sites (tertiary alicyclic amines) is 1. The van der Waals surface area contributed by atoms with Gasteiger partial charge in [0.2, 0.25) is 5.91 Å². The lowest BCUT2D eigenvalue weighted by atomic mass is 10.3. The minimum Gasteiger partial charge on any atom is -0.388 e. The highest BCUT2D eigenvalue weighted by molar-refractivity contribution is 6.30. The Hall–Kier alpha value is -0.320. The summed E-state index contributed by atoms with van der Waals surface area (Å²) in [6, 6.07) is 0. The number of hydrogen-bond donors (Lipinski definition) is 1. The number of carbonyl (C=O) groups excluding carboxylic acids is 1. The van der Waals surface area contributed by atoms with E-state index in [4.69, 9.17) is 16.3 Å². The van der Waals surface area contributed by atoms with Crippen molar-refractivity contribution in [2.24, 2.45) is 0 Å². The minimum absolute atomic E-state index is 0.111. The molecule has 1 N–H and O–H groups in total. The smallest absolute Gasteiger partial charge is 0.240 e. The quantitative estimate of drug-likeness (QED) is 0.727. The summed E-state index contributed by atoms with van der Waals surface area (Å²) in [6.45, 7) is 5.04. The van der Waals surface area contributed by atoms with Crippen molar-refractivity contribution in [3.63, 3.8) is 0 Å². The van der Waals surface area contributed by atoms with Gasteiger partial charge >= 0.3 is 0 Å². The topological polar surface area (TPSA) is 49.8 Å². The van der Waals surface area contributed by atoms with Crippen molar-refractivity contribution in [3.8, 4) is 0 Å². The molecule has 3 unspecified atom stereocenters. The molecule has 0 spiro atoms. The van der Waals surface area contributed by atoms with E-state index in [0.717, 1.165) is 0 Å². The van der Waals surface area contributed by atoms with Crippen molar-refractivity contribution < 1.29 is 14.6 Å². The second-order valence-corrected chi connectivity index (χ2v) is 4.21. The van der Waals surface area contributed by atoms with Gasteiger partial charge in [0.05, 0.1) is 6.10 Å². The van der Waals surface area contributed by atoms with Crippen LogP contribution >= 0.6 is 11.6 Å². The van der Waals surface area contributed by atoms with Crippen LogP contribution in [0.15, 0.2) is 0 Å². The molecule has 0 radical (unpaired) electrons. The normalized spacial score (nSPS) is 28.1. The summed E-state index contributed by atoms with van der Waals surface area (Å²) in [5.74, 6) is -0.111. The van der Waals surface area contributed by atoms with Crippen LogP contribution in [0.4, 0.5) is 0 Å². The van der Waals surface area contributed by atoms with Crippen LogP contribution < -0.4 is 0 Å². The van der Waals surface area contributed by atoms with Gasteiger partial charge in [-0.3, -0.25) is 4.79 Å². The summed E-state index contributed by atoms with van der Waals surface area (Å²) in [4.78, 5) is 13.3. The highest BCUT2D eigenvalue weighted by atomic mass is 35.5. The third-order valence-electron chi connectivity index (χ3n) is 2.56. The van der Waals surface area contributed by atoms with Crippen molar-refractivity contribution >= 4 is 17.5 Å². The first-order chi connectivity index (χ1) is 7.10. The van der Waals surface area contributed by atoms with Gasteiger partial charge in [0, 0.05) is 19.7 Å². The molecule has 0 aromatic heterocycles. The lowest BCUT2D eigenvalue weighted by Crippen LogP contribution is -2.35. The average molecular weight is 236 g/mol. The summed E-state index contributed by atoms with van der Waals surface area (Å²) in [5, 5.41) is 9.14. The molecule has 4 nitrogen and oxygen atoms in total. The van der Waals surface area contributed by atoms with E-state index in [2.05, 4.69) is 0 Å². The zero-order chi connectivity index (χ0) is 11.4. The van der Waals surface area contributed by atoms with Gasteiger partial charge in [-0.2, -0.15) is 0 Å². The number of hydrogen-bond acceptors (Lipinski definition) is 3. The maximum Gasteiger partial charge on any atom is 0.240 e. The monoisotopic (exact) mass is 235 g/mol. The first-order valence-electron chi connectivity index (χ1n) is 5.32. The molecule has 1 fully saturated rings. The van der Waals surface area contributed by atoms with Gasteiger partial charge in [0.25, 0.3) is 0 Å². The van der Waals surface area contributed by atoms with Gasteiger partial charge in [0.15, 0.2) is 0 Å². The molecular formula is C10H18ClNO3. The van der Waals surface area contributed by atoms with Crippen molar-refractivity contribution in [3.05, 3.63) is 0 Å². The fourth-order valence-electron chi connectivity index (χ4n) is 1.69. The van der Waals surface area contributed by atoms with Crippen LogP contribution in [0, 0.1) is 0 Å². The van der Waals surface area contributed by atoms with Crippen LogP contribution in [0.5, 0.6) is 0 Å². The molecular weight excluding hydrogens is 218 g/mol. The Balaban J connectivity index is 2.50. The fourth-order valence-corrected chi connectivity index (χ4v) is 1.83.